The molecular weight excluding hydrogens is 234 g/mol. The Kier molecular flexibility index (Phi) is 4.20. The van der Waals surface area contributed by atoms with Gasteiger partial charge in [-0.05, 0) is 43.6 Å². The number of allylic oxidation sites excluding steroid dienone is 4. The summed E-state index contributed by atoms with van der Waals surface area (Å²) in [6, 6.07) is 0. The van der Waals surface area contributed by atoms with E-state index in [1.165, 1.54) is 7.11 Å². The van der Waals surface area contributed by atoms with Gasteiger partial charge in [0.1, 0.15) is 0 Å². The summed E-state index contributed by atoms with van der Waals surface area (Å²) in [7, 11) is 1.36. The highest BCUT2D eigenvalue weighted by molar-refractivity contribution is 5.26. The van der Waals surface area contributed by atoms with Crippen LogP contribution in [0.4, 0.5) is 8.78 Å². The van der Waals surface area contributed by atoms with Gasteiger partial charge < -0.3 is 4.74 Å². The summed E-state index contributed by atoms with van der Waals surface area (Å²) in [4.78, 5) is 0. The Balaban J connectivity index is 2.02. The lowest BCUT2D eigenvalue weighted by atomic mass is 9.73. The van der Waals surface area contributed by atoms with Crippen LogP contribution in [0.1, 0.15) is 25.7 Å². The van der Waals surface area contributed by atoms with E-state index in [0.29, 0.717) is 5.92 Å². The molecule has 1 fully saturated rings. The molecule has 0 aromatic carbocycles. The Morgan fingerprint density at radius 2 is 2.00 bits per heavy atom. The van der Waals surface area contributed by atoms with E-state index in [1.807, 2.05) is 6.08 Å². The molecule has 0 spiro atoms. The predicted octanol–water partition coefficient (Wildman–Crippen LogP) is 4.33. The molecule has 18 heavy (non-hydrogen) atoms. The Bertz CT molecular complexity index is 365. The van der Waals surface area contributed by atoms with Gasteiger partial charge in [-0.1, -0.05) is 12.2 Å². The minimum atomic E-state index is -1.55. The number of hydrogen-bond acceptors (Lipinski definition) is 1. The molecule has 0 amide bonds. The van der Waals surface area contributed by atoms with E-state index in [2.05, 4.69) is 6.58 Å². The van der Waals surface area contributed by atoms with E-state index in [4.69, 9.17) is 4.74 Å². The molecule has 2 unspecified atom stereocenters. The van der Waals surface area contributed by atoms with Crippen LogP contribution in [-0.4, -0.2) is 13.3 Å². The van der Waals surface area contributed by atoms with E-state index in [0.717, 1.165) is 25.7 Å². The van der Waals surface area contributed by atoms with E-state index < -0.39 is 12.0 Å². The topological polar surface area (TPSA) is 9.23 Å². The molecule has 2 aliphatic carbocycles. The highest BCUT2D eigenvalue weighted by atomic mass is 19.2. The predicted molar refractivity (Wildman–Crippen MR) is 68.3 cm³/mol. The van der Waals surface area contributed by atoms with Gasteiger partial charge in [-0.15, -0.1) is 6.58 Å². The van der Waals surface area contributed by atoms with Gasteiger partial charge in [0.25, 0.3) is 0 Å². The summed E-state index contributed by atoms with van der Waals surface area (Å²) in [5, 5.41) is 0. The second-order valence-electron chi connectivity index (χ2n) is 5.17. The normalized spacial score (nSPS) is 36.6. The van der Waals surface area contributed by atoms with Crippen LogP contribution in [-0.2, 0) is 4.74 Å². The summed E-state index contributed by atoms with van der Waals surface area (Å²) in [5.41, 5.74) is 0. The first kappa shape index (κ1) is 13.3. The quantitative estimate of drug-likeness (QED) is 0.681. The maximum absolute atomic E-state index is 14.1. The van der Waals surface area contributed by atoms with Gasteiger partial charge in [0.2, 0.25) is 0 Å². The third-order valence-corrected chi connectivity index (χ3v) is 4.20. The van der Waals surface area contributed by atoms with Crippen molar-refractivity contribution < 1.29 is 13.5 Å². The van der Waals surface area contributed by atoms with Crippen LogP contribution in [0.2, 0.25) is 0 Å². The molecular formula is C15H20F2O. The lowest BCUT2D eigenvalue weighted by Crippen LogP contribution is -2.29. The molecule has 0 radical (unpaired) electrons. The maximum atomic E-state index is 14.1. The van der Waals surface area contributed by atoms with E-state index in [-0.39, 0.29) is 17.6 Å². The molecule has 100 valence electrons. The summed E-state index contributed by atoms with van der Waals surface area (Å²) in [6.45, 7) is 3.80. The summed E-state index contributed by atoms with van der Waals surface area (Å²) in [6.07, 6.45) is 7.73. The molecule has 0 saturated heterocycles. The molecule has 2 atom stereocenters. The van der Waals surface area contributed by atoms with Crippen molar-refractivity contribution in [1.29, 1.82) is 0 Å². The van der Waals surface area contributed by atoms with Gasteiger partial charge in [0.15, 0.2) is 17.8 Å². The fourth-order valence-electron chi connectivity index (χ4n) is 3.01. The van der Waals surface area contributed by atoms with Gasteiger partial charge in [-0.3, -0.25) is 0 Å². The van der Waals surface area contributed by atoms with Crippen molar-refractivity contribution in [3.05, 3.63) is 36.4 Å². The lowest BCUT2D eigenvalue weighted by molar-refractivity contribution is 0.148. The third kappa shape index (κ3) is 2.50. The van der Waals surface area contributed by atoms with E-state index in [9.17, 15) is 8.78 Å². The first-order valence-electron chi connectivity index (χ1n) is 6.55. The molecule has 0 heterocycles. The van der Waals surface area contributed by atoms with Gasteiger partial charge in [-0.2, -0.15) is 0 Å². The van der Waals surface area contributed by atoms with Crippen molar-refractivity contribution in [3.63, 3.8) is 0 Å². The number of methoxy groups -OCH3 is 1. The minimum absolute atomic E-state index is 0.0264. The summed E-state index contributed by atoms with van der Waals surface area (Å²) >= 11 is 0. The zero-order valence-corrected chi connectivity index (χ0v) is 10.7. The van der Waals surface area contributed by atoms with Gasteiger partial charge in [0.05, 0.1) is 7.11 Å². The van der Waals surface area contributed by atoms with Crippen LogP contribution in [0.5, 0.6) is 0 Å². The van der Waals surface area contributed by atoms with Crippen molar-refractivity contribution in [1.82, 2.24) is 0 Å². The molecule has 1 nitrogen and oxygen atoms in total. The molecule has 0 aromatic heterocycles. The fourth-order valence-corrected chi connectivity index (χ4v) is 3.01. The molecule has 2 aliphatic rings. The SMILES string of the molecule is C=CC1CCC(C2C=CC(OC)=C(F)C2F)CC1. The van der Waals surface area contributed by atoms with Crippen LogP contribution in [0, 0.1) is 17.8 Å². The number of hydrogen-bond donors (Lipinski definition) is 0. The number of ether oxygens (including phenoxy) is 1. The van der Waals surface area contributed by atoms with E-state index in [1.54, 1.807) is 12.2 Å². The minimum Gasteiger partial charge on any atom is -0.494 e. The standard InChI is InChI=1S/C15H20F2O/c1-3-10-4-6-11(7-5-10)12-8-9-13(18-2)15(17)14(12)16/h3,8-12,14H,1,4-7H2,2H3. The smallest absolute Gasteiger partial charge is 0.176 e. The van der Waals surface area contributed by atoms with Gasteiger partial charge in [-0.25, -0.2) is 8.78 Å². The van der Waals surface area contributed by atoms with Crippen LogP contribution in [0.25, 0.3) is 0 Å². The highest BCUT2D eigenvalue weighted by Gasteiger charge is 2.36. The second kappa shape index (κ2) is 5.68. The molecule has 1 saturated carbocycles. The number of alkyl halides is 1. The van der Waals surface area contributed by atoms with Crippen LogP contribution >= 0.6 is 0 Å². The fraction of sp³-hybridized carbons (Fsp3) is 0.600. The Hall–Kier alpha value is -1.12. The highest BCUT2D eigenvalue weighted by Crippen LogP contribution is 2.40. The van der Waals surface area contributed by atoms with Crippen LogP contribution < -0.4 is 0 Å². The third-order valence-electron chi connectivity index (χ3n) is 4.20. The van der Waals surface area contributed by atoms with Gasteiger partial charge >= 0.3 is 0 Å². The molecule has 0 aromatic rings. The maximum Gasteiger partial charge on any atom is 0.176 e. The molecule has 0 N–H and O–H groups in total. The average Bonchev–Trinajstić information content (AvgIpc) is 2.42. The second-order valence-corrected chi connectivity index (χ2v) is 5.17. The number of halogens is 2. The molecule has 0 bridgehead atoms. The Morgan fingerprint density at radius 1 is 1.33 bits per heavy atom. The van der Waals surface area contributed by atoms with Crippen molar-refractivity contribution >= 4 is 0 Å². The van der Waals surface area contributed by atoms with Crippen molar-refractivity contribution in [2.45, 2.75) is 31.9 Å². The molecule has 2 rings (SSSR count). The monoisotopic (exact) mass is 254 g/mol. The Labute approximate surface area is 107 Å². The Morgan fingerprint density at radius 3 is 2.56 bits per heavy atom. The zero-order chi connectivity index (χ0) is 13.1. The first-order valence-corrected chi connectivity index (χ1v) is 6.55. The van der Waals surface area contributed by atoms with Crippen LogP contribution in [0.15, 0.2) is 36.4 Å². The van der Waals surface area contributed by atoms with Crippen molar-refractivity contribution in [2.75, 3.05) is 7.11 Å². The largest absolute Gasteiger partial charge is 0.494 e. The average molecular weight is 254 g/mol. The van der Waals surface area contributed by atoms with Crippen LogP contribution in [0.3, 0.4) is 0 Å². The molecule has 3 heteroatoms. The zero-order valence-electron chi connectivity index (χ0n) is 10.7. The first-order chi connectivity index (χ1) is 8.67. The lowest BCUT2D eigenvalue weighted by Gasteiger charge is -2.34. The van der Waals surface area contributed by atoms with Crippen molar-refractivity contribution in [2.24, 2.45) is 17.8 Å². The number of rotatable bonds is 3. The van der Waals surface area contributed by atoms with Crippen molar-refractivity contribution in [3.8, 4) is 0 Å². The summed E-state index contributed by atoms with van der Waals surface area (Å²) < 4.78 is 32.6. The molecule has 0 aliphatic heterocycles. The van der Waals surface area contributed by atoms with E-state index >= 15 is 0 Å². The van der Waals surface area contributed by atoms with Gasteiger partial charge in [0, 0.05) is 5.92 Å². The summed E-state index contributed by atoms with van der Waals surface area (Å²) in [5.74, 6) is -0.289.